The number of hydrogen-bond acceptors (Lipinski definition) is 3. The van der Waals surface area contributed by atoms with E-state index in [1.165, 1.54) is 17.5 Å². The molecule has 0 amide bonds. The number of phenols is 1. The zero-order valence-electron chi connectivity index (χ0n) is 9.33. The maximum Gasteiger partial charge on any atom is 0.115 e. The lowest BCUT2D eigenvalue weighted by Crippen LogP contribution is -2.35. The van der Waals surface area contributed by atoms with Gasteiger partial charge in [0.25, 0.3) is 0 Å². The Bertz CT molecular complexity index is 349. The number of phenolic OH excluding ortho intramolecular Hbond substituents is 1. The number of hydrogen-bond donors (Lipinski definition) is 2. The number of rotatable bonds is 2. The summed E-state index contributed by atoms with van der Waals surface area (Å²) in [7, 11) is 3.99. The summed E-state index contributed by atoms with van der Waals surface area (Å²) < 4.78 is 0. The Balaban J connectivity index is 2.28. The van der Waals surface area contributed by atoms with E-state index < -0.39 is 0 Å². The van der Waals surface area contributed by atoms with Crippen LogP contribution in [0.3, 0.4) is 0 Å². The van der Waals surface area contributed by atoms with Crippen molar-refractivity contribution in [2.75, 3.05) is 14.1 Å². The molecular weight excluding hydrogens is 188 g/mol. The first-order valence-electron chi connectivity index (χ1n) is 5.42. The Hall–Kier alpha value is -1.06. The van der Waals surface area contributed by atoms with E-state index >= 15 is 0 Å². The van der Waals surface area contributed by atoms with Crippen LogP contribution in [-0.2, 0) is 6.42 Å². The molecule has 1 aliphatic carbocycles. The van der Waals surface area contributed by atoms with E-state index in [9.17, 15) is 5.11 Å². The van der Waals surface area contributed by atoms with Crippen molar-refractivity contribution in [3.63, 3.8) is 0 Å². The normalized spacial score (nSPS) is 20.3. The number of aromatic hydroxyl groups is 1. The smallest absolute Gasteiger partial charge is 0.115 e. The third-order valence-corrected chi connectivity index (χ3v) is 2.86. The van der Waals surface area contributed by atoms with Crippen LogP contribution in [0.5, 0.6) is 5.75 Å². The van der Waals surface area contributed by atoms with Crippen LogP contribution in [0.2, 0.25) is 0 Å². The van der Waals surface area contributed by atoms with E-state index in [1.54, 1.807) is 6.07 Å². The first-order chi connectivity index (χ1) is 7.16. The maximum absolute atomic E-state index is 9.50. The highest BCUT2D eigenvalue weighted by Crippen LogP contribution is 2.31. The van der Waals surface area contributed by atoms with Gasteiger partial charge in [-0.1, -0.05) is 6.07 Å². The van der Waals surface area contributed by atoms with E-state index in [0.717, 1.165) is 12.8 Å². The molecule has 1 aromatic rings. The molecule has 1 aliphatic rings. The average molecular weight is 206 g/mol. The zero-order valence-corrected chi connectivity index (χ0v) is 9.33. The SMILES string of the molecule is CN(C)NC1CCCc2ccc(O)cc21. The number of fused-ring (bicyclic) bond motifs is 1. The standard InChI is InChI=1S/C12H18N2O/c1-14(2)13-12-5-3-4-9-6-7-10(15)8-11(9)12/h6-8,12-13,15H,3-5H2,1-2H3. The predicted molar refractivity (Wildman–Crippen MR) is 60.6 cm³/mol. The molecule has 3 heteroatoms. The minimum atomic E-state index is 0.343. The predicted octanol–water partition coefficient (Wildman–Crippen LogP) is 1.84. The number of nitrogens with zero attached hydrogens (tertiary/aromatic N) is 1. The summed E-state index contributed by atoms with van der Waals surface area (Å²) in [6, 6.07) is 6.04. The molecular formula is C12H18N2O. The molecule has 15 heavy (non-hydrogen) atoms. The summed E-state index contributed by atoms with van der Waals surface area (Å²) in [4.78, 5) is 0. The third-order valence-electron chi connectivity index (χ3n) is 2.86. The number of aryl methyl sites for hydroxylation is 1. The van der Waals surface area contributed by atoms with Crippen LogP contribution in [0.1, 0.15) is 30.0 Å². The lowest BCUT2D eigenvalue weighted by atomic mass is 9.88. The van der Waals surface area contributed by atoms with Gasteiger partial charge in [-0.15, -0.1) is 0 Å². The molecule has 1 atom stereocenters. The molecule has 0 heterocycles. The van der Waals surface area contributed by atoms with Crippen LogP contribution in [-0.4, -0.2) is 24.2 Å². The molecule has 1 unspecified atom stereocenters. The van der Waals surface area contributed by atoms with Crippen LogP contribution in [0, 0.1) is 0 Å². The molecule has 2 rings (SSSR count). The molecule has 0 aromatic heterocycles. The zero-order chi connectivity index (χ0) is 10.8. The van der Waals surface area contributed by atoms with E-state index in [0.29, 0.717) is 11.8 Å². The van der Waals surface area contributed by atoms with Gasteiger partial charge >= 0.3 is 0 Å². The number of hydrazine groups is 1. The van der Waals surface area contributed by atoms with Crippen molar-refractivity contribution in [3.05, 3.63) is 29.3 Å². The molecule has 0 spiro atoms. The van der Waals surface area contributed by atoms with Gasteiger partial charge < -0.3 is 5.11 Å². The molecule has 0 saturated heterocycles. The van der Waals surface area contributed by atoms with Gasteiger partial charge in [0, 0.05) is 20.1 Å². The van der Waals surface area contributed by atoms with Crippen molar-refractivity contribution < 1.29 is 5.11 Å². The van der Waals surface area contributed by atoms with Gasteiger partial charge in [-0.25, -0.2) is 5.43 Å². The van der Waals surface area contributed by atoms with Gasteiger partial charge in [0.2, 0.25) is 0 Å². The number of nitrogens with one attached hydrogen (secondary N) is 1. The van der Waals surface area contributed by atoms with E-state index in [2.05, 4.69) is 5.43 Å². The van der Waals surface area contributed by atoms with Gasteiger partial charge in [-0.2, -0.15) is 0 Å². The average Bonchev–Trinajstić information content (AvgIpc) is 2.18. The highest BCUT2D eigenvalue weighted by Gasteiger charge is 2.20. The maximum atomic E-state index is 9.50. The van der Waals surface area contributed by atoms with E-state index in [-0.39, 0.29) is 0 Å². The van der Waals surface area contributed by atoms with E-state index in [1.807, 2.05) is 31.2 Å². The Morgan fingerprint density at radius 3 is 2.93 bits per heavy atom. The summed E-state index contributed by atoms with van der Waals surface area (Å²) in [5.74, 6) is 0.362. The van der Waals surface area contributed by atoms with Crippen LogP contribution in [0.25, 0.3) is 0 Å². The molecule has 0 radical (unpaired) electrons. The Morgan fingerprint density at radius 1 is 1.40 bits per heavy atom. The first kappa shape index (κ1) is 10.5. The topological polar surface area (TPSA) is 35.5 Å². The minimum Gasteiger partial charge on any atom is -0.508 e. The quantitative estimate of drug-likeness (QED) is 0.725. The summed E-state index contributed by atoms with van der Waals surface area (Å²) in [6.07, 6.45) is 3.47. The third kappa shape index (κ3) is 2.30. The lowest BCUT2D eigenvalue weighted by molar-refractivity contribution is 0.228. The van der Waals surface area contributed by atoms with Crippen molar-refractivity contribution in [2.24, 2.45) is 0 Å². The Kier molecular flexibility index (Phi) is 2.93. The van der Waals surface area contributed by atoms with Crippen molar-refractivity contribution in [3.8, 4) is 5.75 Å². The minimum absolute atomic E-state index is 0.343. The fraction of sp³-hybridized carbons (Fsp3) is 0.500. The Morgan fingerprint density at radius 2 is 2.20 bits per heavy atom. The fourth-order valence-corrected chi connectivity index (χ4v) is 2.23. The highest BCUT2D eigenvalue weighted by molar-refractivity contribution is 5.38. The lowest BCUT2D eigenvalue weighted by Gasteiger charge is -2.29. The van der Waals surface area contributed by atoms with Crippen molar-refractivity contribution >= 4 is 0 Å². The molecule has 3 nitrogen and oxygen atoms in total. The van der Waals surface area contributed by atoms with Crippen LogP contribution in [0.15, 0.2) is 18.2 Å². The summed E-state index contributed by atoms with van der Waals surface area (Å²) in [6.45, 7) is 0. The van der Waals surface area contributed by atoms with Gasteiger partial charge in [0.05, 0.1) is 0 Å². The summed E-state index contributed by atoms with van der Waals surface area (Å²) in [5.41, 5.74) is 5.99. The largest absolute Gasteiger partial charge is 0.508 e. The van der Waals surface area contributed by atoms with Crippen molar-refractivity contribution in [2.45, 2.75) is 25.3 Å². The van der Waals surface area contributed by atoms with Crippen LogP contribution in [0.4, 0.5) is 0 Å². The summed E-state index contributed by atoms with van der Waals surface area (Å²) >= 11 is 0. The fourth-order valence-electron chi connectivity index (χ4n) is 2.23. The van der Waals surface area contributed by atoms with Gasteiger partial charge in [0.15, 0.2) is 0 Å². The van der Waals surface area contributed by atoms with Gasteiger partial charge in [0.1, 0.15) is 5.75 Å². The van der Waals surface area contributed by atoms with E-state index in [4.69, 9.17) is 0 Å². The molecule has 0 fully saturated rings. The second kappa shape index (κ2) is 4.21. The van der Waals surface area contributed by atoms with Crippen LogP contribution < -0.4 is 5.43 Å². The van der Waals surface area contributed by atoms with Gasteiger partial charge in [-0.3, -0.25) is 5.01 Å². The monoisotopic (exact) mass is 206 g/mol. The first-order valence-corrected chi connectivity index (χ1v) is 5.42. The Labute approximate surface area is 90.7 Å². The molecule has 0 saturated carbocycles. The van der Waals surface area contributed by atoms with Crippen molar-refractivity contribution in [1.29, 1.82) is 0 Å². The molecule has 0 aliphatic heterocycles. The van der Waals surface area contributed by atoms with Crippen LogP contribution >= 0.6 is 0 Å². The van der Waals surface area contributed by atoms with Gasteiger partial charge in [-0.05, 0) is 42.5 Å². The second-order valence-electron chi connectivity index (χ2n) is 4.35. The second-order valence-corrected chi connectivity index (χ2v) is 4.35. The molecule has 0 bridgehead atoms. The van der Waals surface area contributed by atoms with Crippen molar-refractivity contribution in [1.82, 2.24) is 10.4 Å². The molecule has 1 aromatic carbocycles. The molecule has 82 valence electrons. The highest BCUT2D eigenvalue weighted by atomic mass is 16.3. The molecule has 2 N–H and O–H groups in total. The summed E-state index contributed by atoms with van der Waals surface area (Å²) in [5, 5.41) is 11.5. The number of benzene rings is 1.